The number of isocyanates is 1. The van der Waals surface area contributed by atoms with Crippen molar-refractivity contribution in [2.45, 2.75) is 37.6 Å². The van der Waals surface area contributed by atoms with Crippen LogP contribution >= 0.6 is 0 Å². The van der Waals surface area contributed by atoms with Crippen LogP contribution in [0.4, 0.5) is 0 Å². The zero-order chi connectivity index (χ0) is 10.5. The Morgan fingerprint density at radius 2 is 1.87 bits per heavy atom. The van der Waals surface area contributed by atoms with Crippen molar-refractivity contribution >= 4 is 6.08 Å². The molecule has 0 N–H and O–H groups in total. The number of hydrogen-bond donors (Lipinski definition) is 0. The maximum Gasteiger partial charge on any atom is 0.235 e. The molecule has 15 heavy (non-hydrogen) atoms. The van der Waals surface area contributed by atoms with Crippen molar-refractivity contribution in [1.29, 1.82) is 0 Å². The number of rotatable bonds is 2. The first kappa shape index (κ1) is 10.1. The van der Waals surface area contributed by atoms with Crippen LogP contribution in [0.5, 0.6) is 0 Å². The summed E-state index contributed by atoms with van der Waals surface area (Å²) in [6, 6.07) is 10.5. The third kappa shape index (κ3) is 2.34. The molecule has 0 amide bonds. The second-order valence-corrected chi connectivity index (χ2v) is 4.09. The predicted molar refractivity (Wildman–Crippen MR) is 59.6 cm³/mol. The van der Waals surface area contributed by atoms with E-state index in [4.69, 9.17) is 0 Å². The lowest BCUT2D eigenvalue weighted by Crippen LogP contribution is -2.21. The van der Waals surface area contributed by atoms with Crippen LogP contribution in [-0.4, -0.2) is 12.1 Å². The maximum atomic E-state index is 10.4. The minimum atomic E-state index is 0.152. The summed E-state index contributed by atoms with van der Waals surface area (Å²) in [6.07, 6.45) is 6.29. The average Bonchev–Trinajstić information content (AvgIpc) is 2.31. The Balaban J connectivity index is 2.21. The first-order valence-electron chi connectivity index (χ1n) is 5.54. The van der Waals surface area contributed by atoms with E-state index < -0.39 is 0 Å². The maximum absolute atomic E-state index is 10.4. The number of aliphatic imine (C=N–C) groups is 1. The van der Waals surface area contributed by atoms with Crippen LogP contribution in [0.3, 0.4) is 0 Å². The van der Waals surface area contributed by atoms with Gasteiger partial charge in [-0.2, -0.15) is 0 Å². The van der Waals surface area contributed by atoms with Crippen molar-refractivity contribution in [1.82, 2.24) is 0 Å². The summed E-state index contributed by atoms with van der Waals surface area (Å²) in [4.78, 5) is 14.3. The Kier molecular flexibility index (Phi) is 3.31. The van der Waals surface area contributed by atoms with Crippen LogP contribution in [0.1, 0.15) is 37.2 Å². The fourth-order valence-electron chi connectivity index (χ4n) is 2.42. The van der Waals surface area contributed by atoms with Crippen molar-refractivity contribution in [3.8, 4) is 0 Å². The molecule has 1 aliphatic carbocycles. The van der Waals surface area contributed by atoms with Crippen LogP contribution in [0.25, 0.3) is 0 Å². The van der Waals surface area contributed by atoms with E-state index in [9.17, 15) is 4.79 Å². The van der Waals surface area contributed by atoms with Crippen LogP contribution in [-0.2, 0) is 4.79 Å². The average molecular weight is 201 g/mol. The molecule has 0 saturated heterocycles. The molecular formula is C13H15NO. The van der Waals surface area contributed by atoms with Gasteiger partial charge in [0.25, 0.3) is 0 Å². The summed E-state index contributed by atoms with van der Waals surface area (Å²) in [5, 5.41) is 0. The number of hydrogen-bond acceptors (Lipinski definition) is 2. The van der Waals surface area contributed by atoms with Gasteiger partial charge in [-0.3, -0.25) is 0 Å². The molecule has 0 bridgehead atoms. The largest absolute Gasteiger partial charge is 0.235 e. The molecule has 1 fully saturated rings. The Labute approximate surface area is 90.0 Å². The van der Waals surface area contributed by atoms with Gasteiger partial charge in [-0.1, -0.05) is 43.2 Å². The van der Waals surface area contributed by atoms with Gasteiger partial charge in [-0.25, -0.2) is 9.79 Å². The molecule has 0 radical (unpaired) electrons. The topological polar surface area (TPSA) is 29.4 Å². The van der Waals surface area contributed by atoms with Gasteiger partial charge in [0.1, 0.15) is 0 Å². The molecular weight excluding hydrogens is 186 g/mol. The monoisotopic (exact) mass is 201 g/mol. The van der Waals surface area contributed by atoms with Crippen molar-refractivity contribution in [2.75, 3.05) is 0 Å². The normalized spacial score (nSPS) is 25.6. The van der Waals surface area contributed by atoms with E-state index in [2.05, 4.69) is 17.1 Å². The Morgan fingerprint density at radius 3 is 2.60 bits per heavy atom. The van der Waals surface area contributed by atoms with Gasteiger partial charge in [0, 0.05) is 5.92 Å². The molecule has 0 aliphatic heterocycles. The fourth-order valence-corrected chi connectivity index (χ4v) is 2.42. The second kappa shape index (κ2) is 4.90. The SMILES string of the molecule is O=C=N[C@H]1CCCC[C@@H]1c1ccccc1. The van der Waals surface area contributed by atoms with Gasteiger partial charge in [0.05, 0.1) is 6.04 Å². The highest BCUT2D eigenvalue weighted by Crippen LogP contribution is 2.34. The molecule has 0 heterocycles. The van der Waals surface area contributed by atoms with E-state index in [1.54, 1.807) is 6.08 Å². The smallest absolute Gasteiger partial charge is 0.211 e. The minimum Gasteiger partial charge on any atom is -0.211 e. The summed E-state index contributed by atoms with van der Waals surface area (Å²) < 4.78 is 0. The number of nitrogens with zero attached hydrogens (tertiary/aromatic N) is 1. The molecule has 1 aromatic carbocycles. The quantitative estimate of drug-likeness (QED) is 0.534. The molecule has 2 heteroatoms. The van der Waals surface area contributed by atoms with E-state index in [1.807, 2.05) is 18.2 Å². The highest BCUT2D eigenvalue weighted by atomic mass is 16.1. The van der Waals surface area contributed by atoms with Crippen molar-refractivity contribution in [2.24, 2.45) is 4.99 Å². The van der Waals surface area contributed by atoms with Crippen LogP contribution < -0.4 is 0 Å². The van der Waals surface area contributed by atoms with E-state index in [0.717, 1.165) is 12.8 Å². The van der Waals surface area contributed by atoms with Crippen LogP contribution in [0, 0.1) is 0 Å². The lowest BCUT2D eigenvalue weighted by molar-refractivity contribution is 0.385. The van der Waals surface area contributed by atoms with Crippen molar-refractivity contribution in [3.05, 3.63) is 35.9 Å². The van der Waals surface area contributed by atoms with Gasteiger partial charge in [-0.05, 0) is 18.4 Å². The molecule has 1 aliphatic rings. The Bertz CT molecular complexity index is 354. The molecule has 0 aromatic heterocycles. The zero-order valence-corrected chi connectivity index (χ0v) is 8.73. The molecule has 1 saturated carbocycles. The Morgan fingerprint density at radius 1 is 1.13 bits per heavy atom. The standard InChI is InChI=1S/C13H15NO/c15-10-14-13-9-5-4-8-12(13)11-6-2-1-3-7-11/h1-3,6-7,12-13H,4-5,8-9H2/t12-,13+/m1/s1. The summed E-state index contributed by atoms with van der Waals surface area (Å²) in [6.45, 7) is 0. The minimum absolute atomic E-state index is 0.152. The van der Waals surface area contributed by atoms with E-state index in [1.165, 1.54) is 18.4 Å². The van der Waals surface area contributed by atoms with Gasteiger partial charge < -0.3 is 0 Å². The Hall–Kier alpha value is -1.40. The fraction of sp³-hybridized carbons (Fsp3) is 0.462. The summed E-state index contributed by atoms with van der Waals surface area (Å²) in [5.41, 5.74) is 1.31. The second-order valence-electron chi connectivity index (χ2n) is 4.09. The lowest BCUT2D eigenvalue weighted by Gasteiger charge is -2.27. The zero-order valence-electron chi connectivity index (χ0n) is 8.73. The molecule has 0 spiro atoms. The first-order chi connectivity index (χ1) is 7.42. The first-order valence-corrected chi connectivity index (χ1v) is 5.54. The third-order valence-electron chi connectivity index (χ3n) is 3.18. The van der Waals surface area contributed by atoms with Gasteiger partial charge in [0.15, 0.2) is 0 Å². The molecule has 2 nitrogen and oxygen atoms in total. The van der Waals surface area contributed by atoms with E-state index >= 15 is 0 Å². The lowest BCUT2D eigenvalue weighted by atomic mass is 9.80. The summed E-state index contributed by atoms with van der Waals surface area (Å²) >= 11 is 0. The predicted octanol–water partition coefficient (Wildman–Crippen LogP) is 3.05. The van der Waals surface area contributed by atoms with Gasteiger partial charge in [-0.15, -0.1) is 0 Å². The van der Waals surface area contributed by atoms with Gasteiger partial charge in [0.2, 0.25) is 6.08 Å². The highest BCUT2D eigenvalue weighted by molar-refractivity contribution is 5.35. The molecule has 2 atom stereocenters. The number of carbonyl (C=O) groups excluding carboxylic acids is 1. The molecule has 2 rings (SSSR count). The third-order valence-corrected chi connectivity index (χ3v) is 3.18. The van der Waals surface area contributed by atoms with Crippen molar-refractivity contribution < 1.29 is 4.79 Å². The molecule has 1 aromatic rings. The highest BCUT2D eigenvalue weighted by Gasteiger charge is 2.25. The van der Waals surface area contributed by atoms with Crippen LogP contribution in [0.2, 0.25) is 0 Å². The summed E-state index contributed by atoms with van der Waals surface area (Å²) in [7, 11) is 0. The van der Waals surface area contributed by atoms with Gasteiger partial charge >= 0.3 is 0 Å². The van der Waals surface area contributed by atoms with Crippen LogP contribution in [0.15, 0.2) is 35.3 Å². The van der Waals surface area contributed by atoms with E-state index in [0.29, 0.717) is 5.92 Å². The molecule has 0 unspecified atom stereocenters. The molecule has 78 valence electrons. The number of benzene rings is 1. The summed E-state index contributed by atoms with van der Waals surface area (Å²) in [5.74, 6) is 0.418. The van der Waals surface area contributed by atoms with Crippen molar-refractivity contribution in [3.63, 3.8) is 0 Å². The van der Waals surface area contributed by atoms with E-state index in [-0.39, 0.29) is 6.04 Å².